The number of carbonyl (C=O) groups is 1. The molecule has 0 radical (unpaired) electrons. The molecule has 1 aromatic heterocycles. The Morgan fingerprint density at radius 2 is 2.21 bits per heavy atom. The Bertz CT molecular complexity index is 617. The van der Waals surface area contributed by atoms with Crippen molar-refractivity contribution in [1.82, 2.24) is 14.6 Å². The predicted octanol–water partition coefficient (Wildman–Crippen LogP) is -0.726. The van der Waals surface area contributed by atoms with E-state index in [4.69, 9.17) is 0 Å². The number of aromatic nitrogens is 1. The van der Waals surface area contributed by atoms with Crippen LogP contribution in [-0.2, 0) is 14.8 Å². The Labute approximate surface area is 110 Å². The number of hydrogen-bond donors (Lipinski definition) is 2. The van der Waals surface area contributed by atoms with Crippen molar-refractivity contribution < 1.29 is 13.2 Å². The third-order valence-electron chi connectivity index (χ3n) is 2.95. The third-order valence-corrected chi connectivity index (χ3v) is 4.81. The second-order valence-corrected chi connectivity index (χ2v) is 6.38. The second kappa shape index (κ2) is 5.14. The summed E-state index contributed by atoms with van der Waals surface area (Å²) in [7, 11) is -3.61. The van der Waals surface area contributed by atoms with E-state index in [0.29, 0.717) is 13.0 Å². The molecule has 0 aliphatic carbocycles. The molecule has 2 heterocycles. The highest BCUT2D eigenvalue weighted by molar-refractivity contribution is 7.89. The van der Waals surface area contributed by atoms with Gasteiger partial charge in [-0.3, -0.25) is 9.59 Å². The highest BCUT2D eigenvalue weighted by atomic mass is 32.2. The maximum absolute atomic E-state index is 12.3. The van der Waals surface area contributed by atoms with Gasteiger partial charge >= 0.3 is 0 Å². The van der Waals surface area contributed by atoms with E-state index >= 15 is 0 Å². The van der Waals surface area contributed by atoms with Crippen LogP contribution < -0.4 is 10.9 Å². The summed E-state index contributed by atoms with van der Waals surface area (Å²) in [6.07, 6.45) is 1.77. The molecule has 19 heavy (non-hydrogen) atoms. The zero-order valence-electron chi connectivity index (χ0n) is 10.4. The first-order chi connectivity index (χ1) is 8.89. The number of nitrogens with one attached hydrogen (secondary N) is 2. The Kier molecular flexibility index (Phi) is 3.72. The molecular formula is C11H15N3O4S. The molecular weight excluding hydrogens is 270 g/mol. The monoisotopic (exact) mass is 285 g/mol. The number of carbonyl (C=O) groups excluding carboxylic acids is 1. The summed E-state index contributed by atoms with van der Waals surface area (Å²) in [6.45, 7) is 2.01. The zero-order chi connectivity index (χ0) is 14.0. The largest absolute Gasteiger partial charge is 0.352 e. The summed E-state index contributed by atoms with van der Waals surface area (Å²) >= 11 is 0. The molecule has 1 atom stereocenters. The van der Waals surface area contributed by atoms with Gasteiger partial charge in [-0.25, -0.2) is 8.42 Å². The van der Waals surface area contributed by atoms with Gasteiger partial charge < -0.3 is 10.3 Å². The van der Waals surface area contributed by atoms with Crippen LogP contribution >= 0.6 is 0 Å². The maximum Gasteiger partial charge on any atom is 0.247 e. The number of amides is 1. The van der Waals surface area contributed by atoms with Crippen LogP contribution in [0.25, 0.3) is 0 Å². The summed E-state index contributed by atoms with van der Waals surface area (Å²) in [5, 5.41) is 2.70. The SMILES string of the molecule is CC(=O)NC1CCN(S(=O)(=O)c2ccc(=O)[nH]c2)C1. The molecule has 8 heteroatoms. The zero-order valence-corrected chi connectivity index (χ0v) is 11.2. The molecule has 1 unspecified atom stereocenters. The van der Waals surface area contributed by atoms with Gasteiger partial charge in [0.15, 0.2) is 0 Å². The summed E-state index contributed by atoms with van der Waals surface area (Å²) < 4.78 is 25.8. The fraction of sp³-hybridized carbons (Fsp3) is 0.455. The minimum Gasteiger partial charge on any atom is -0.352 e. The predicted molar refractivity (Wildman–Crippen MR) is 68.0 cm³/mol. The molecule has 1 aliphatic rings. The minimum atomic E-state index is -3.61. The fourth-order valence-electron chi connectivity index (χ4n) is 2.06. The summed E-state index contributed by atoms with van der Waals surface area (Å²) in [5.41, 5.74) is -0.350. The van der Waals surface area contributed by atoms with Gasteiger partial charge in [0.05, 0.1) is 4.90 Å². The molecule has 1 amide bonds. The highest BCUT2D eigenvalue weighted by Gasteiger charge is 2.32. The van der Waals surface area contributed by atoms with Crippen molar-refractivity contribution in [3.63, 3.8) is 0 Å². The number of rotatable bonds is 3. The average Bonchev–Trinajstić information content (AvgIpc) is 2.78. The molecule has 0 spiro atoms. The number of hydrogen-bond acceptors (Lipinski definition) is 4. The molecule has 7 nitrogen and oxygen atoms in total. The van der Waals surface area contributed by atoms with Crippen LogP contribution in [0.1, 0.15) is 13.3 Å². The highest BCUT2D eigenvalue weighted by Crippen LogP contribution is 2.19. The van der Waals surface area contributed by atoms with Crippen molar-refractivity contribution in [1.29, 1.82) is 0 Å². The molecule has 1 saturated heterocycles. The number of H-pyrrole nitrogens is 1. The van der Waals surface area contributed by atoms with E-state index in [9.17, 15) is 18.0 Å². The van der Waals surface area contributed by atoms with Crippen LogP contribution in [0.5, 0.6) is 0 Å². The number of aromatic amines is 1. The van der Waals surface area contributed by atoms with Gasteiger partial charge in [-0.05, 0) is 12.5 Å². The van der Waals surface area contributed by atoms with Crippen molar-refractivity contribution in [2.24, 2.45) is 0 Å². The molecule has 0 bridgehead atoms. The first-order valence-corrected chi connectivity index (χ1v) is 7.29. The summed E-state index contributed by atoms with van der Waals surface area (Å²) in [5.74, 6) is -0.173. The summed E-state index contributed by atoms with van der Waals surface area (Å²) in [6, 6.07) is 2.30. The van der Waals surface area contributed by atoms with Crippen molar-refractivity contribution in [2.75, 3.05) is 13.1 Å². The van der Waals surface area contributed by atoms with Gasteiger partial charge in [0.1, 0.15) is 0 Å². The van der Waals surface area contributed by atoms with Gasteiger partial charge in [-0.2, -0.15) is 4.31 Å². The molecule has 0 aromatic carbocycles. The van der Waals surface area contributed by atoms with E-state index in [0.717, 1.165) is 0 Å². The van der Waals surface area contributed by atoms with Crippen molar-refractivity contribution in [3.05, 3.63) is 28.7 Å². The average molecular weight is 285 g/mol. The number of nitrogens with zero attached hydrogens (tertiary/aromatic N) is 1. The van der Waals surface area contributed by atoms with Gasteiger partial charge in [0.2, 0.25) is 21.5 Å². The first-order valence-electron chi connectivity index (χ1n) is 5.85. The van der Waals surface area contributed by atoms with E-state index < -0.39 is 10.0 Å². The van der Waals surface area contributed by atoms with Crippen LogP contribution in [0.2, 0.25) is 0 Å². The molecule has 0 saturated carbocycles. The lowest BCUT2D eigenvalue weighted by Gasteiger charge is -2.16. The van der Waals surface area contributed by atoms with Crippen molar-refractivity contribution >= 4 is 15.9 Å². The van der Waals surface area contributed by atoms with E-state index in [1.807, 2.05) is 0 Å². The lowest BCUT2D eigenvalue weighted by Crippen LogP contribution is -2.37. The minimum absolute atomic E-state index is 0.0515. The van der Waals surface area contributed by atoms with Crippen LogP contribution in [0.15, 0.2) is 28.0 Å². The Morgan fingerprint density at radius 1 is 1.47 bits per heavy atom. The lowest BCUT2D eigenvalue weighted by atomic mass is 10.3. The first kappa shape index (κ1) is 13.8. The topological polar surface area (TPSA) is 99.3 Å². The standard InChI is InChI=1S/C11H15N3O4S/c1-8(15)13-9-4-5-14(7-9)19(17,18)10-2-3-11(16)12-6-10/h2-3,6,9H,4-5,7H2,1H3,(H,12,16)(H,13,15). The second-order valence-electron chi connectivity index (χ2n) is 4.44. The van der Waals surface area contributed by atoms with Crippen molar-refractivity contribution in [2.45, 2.75) is 24.3 Å². The fourth-order valence-corrected chi connectivity index (χ4v) is 3.53. The number of sulfonamides is 1. The molecule has 1 aliphatic heterocycles. The molecule has 1 aromatic rings. The van der Waals surface area contributed by atoms with Crippen LogP contribution in [-0.4, -0.2) is 42.7 Å². The number of pyridine rings is 1. The molecule has 1 fully saturated rings. The normalized spacial score (nSPS) is 20.4. The van der Waals surface area contributed by atoms with Gasteiger partial charge in [0, 0.05) is 38.3 Å². The van der Waals surface area contributed by atoms with Crippen LogP contribution in [0.4, 0.5) is 0 Å². The van der Waals surface area contributed by atoms with Crippen LogP contribution in [0, 0.1) is 0 Å². The van der Waals surface area contributed by atoms with Crippen molar-refractivity contribution in [3.8, 4) is 0 Å². The molecule has 2 rings (SSSR count). The third kappa shape index (κ3) is 3.02. The van der Waals surface area contributed by atoms with Gasteiger partial charge in [-0.15, -0.1) is 0 Å². The Morgan fingerprint density at radius 3 is 2.79 bits per heavy atom. The molecule has 2 N–H and O–H groups in total. The van der Waals surface area contributed by atoms with E-state index in [-0.39, 0.29) is 28.9 Å². The molecule has 104 valence electrons. The van der Waals surface area contributed by atoms with Crippen LogP contribution in [0.3, 0.4) is 0 Å². The van der Waals surface area contributed by atoms with E-state index in [1.54, 1.807) is 0 Å². The van der Waals surface area contributed by atoms with E-state index in [2.05, 4.69) is 10.3 Å². The summed E-state index contributed by atoms with van der Waals surface area (Å²) in [4.78, 5) is 24.3. The van der Waals surface area contributed by atoms with E-state index in [1.165, 1.54) is 29.6 Å². The van der Waals surface area contributed by atoms with Gasteiger partial charge in [-0.1, -0.05) is 0 Å². The van der Waals surface area contributed by atoms with Gasteiger partial charge in [0.25, 0.3) is 0 Å². The Balaban J connectivity index is 2.15. The Hall–Kier alpha value is -1.67. The lowest BCUT2D eigenvalue weighted by molar-refractivity contribution is -0.119. The maximum atomic E-state index is 12.3. The quantitative estimate of drug-likeness (QED) is 0.765. The smallest absolute Gasteiger partial charge is 0.247 e.